The largest absolute Gasteiger partial charge is 0.347 e. The standard InChI is InChI=1S/C14H11Cl2FN6O/c1-23-12-10(13(21-16)22-23)19-6-20-11(12)14(24)18-5-7-2-3-9(17)8(15)4-7/h2-4,6H,5H2,1H3,(H,18,24)(H,21,22). The SMILES string of the molecule is Cn1nc(NCl)c2ncnc(C(=O)NCc3ccc(F)c(Cl)c3)c21. The molecule has 0 atom stereocenters. The number of aromatic nitrogens is 4. The fraction of sp³-hybridized carbons (Fsp3) is 0.143. The second-order valence-electron chi connectivity index (χ2n) is 4.92. The number of benzene rings is 1. The van der Waals surface area contributed by atoms with E-state index in [-0.39, 0.29) is 17.3 Å². The molecule has 0 radical (unpaired) electrons. The van der Waals surface area contributed by atoms with Crippen molar-refractivity contribution in [1.82, 2.24) is 25.1 Å². The van der Waals surface area contributed by atoms with Gasteiger partial charge in [-0.3, -0.25) is 14.3 Å². The van der Waals surface area contributed by atoms with E-state index in [0.717, 1.165) is 0 Å². The Kier molecular flexibility index (Phi) is 4.50. The van der Waals surface area contributed by atoms with Gasteiger partial charge in [-0.1, -0.05) is 17.7 Å². The van der Waals surface area contributed by atoms with Gasteiger partial charge in [-0.2, -0.15) is 5.10 Å². The molecule has 2 aromatic heterocycles. The van der Waals surface area contributed by atoms with E-state index in [0.29, 0.717) is 22.4 Å². The summed E-state index contributed by atoms with van der Waals surface area (Å²) in [5, 5.41) is 6.82. The number of halogens is 3. The molecule has 24 heavy (non-hydrogen) atoms. The number of nitrogens with one attached hydrogen (secondary N) is 2. The van der Waals surface area contributed by atoms with Crippen molar-refractivity contribution in [2.24, 2.45) is 7.05 Å². The highest BCUT2D eigenvalue weighted by Gasteiger charge is 2.19. The van der Waals surface area contributed by atoms with E-state index < -0.39 is 11.7 Å². The molecular weight excluding hydrogens is 358 g/mol. The van der Waals surface area contributed by atoms with Crippen LogP contribution in [0.3, 0.4) is 0 Å². The molecule has 2 heterocycles. The van der Waals surface area contributed by atoms with Gasteiger partial charge >= 0.3 is 0 Å². The Labute approximate surface area is 145 Å². The molecule has 3 rings (SSSR count). The molecule has 0 saturated heterocycles. The Hall–Kier alpha value is -2.45. The van der Waals surface area contributed by atoms with Crippen LogP contribution in [-0.4, -0.2) is 25.7 Å². The van der Waals surface area contributed by atoms with Gasteiger partial charge in [-0.15, -0.1) is 0 Å². The van der Waals surface area contributed by atoms with Crippen molar-refractivity contribution >= 4 is 46.1 Å². The normalized spacial score (nSPS) is 10.8. The highest BCUT2D eigenvalue weighted by Crippen LogP contribution is 2.22. The van der Waals surface area contributed by atoms with Crippen molar-refractivity contribution < 1.29 is 9.18 Å². The Morgan fingerprint density at radius 1 is 1.38 bits per heavy atom. The molecule has 1 aromatic carbocycles. The lowest BCUT2D eigenvalue weighted by Gasteiger charge is -2.07. The summed E-state index contributed by atoms with van der Waals surface area (Å²) < 4.78 is 14.6. The molecule has 0 unspecified atom stereocenters. The van der Waals surface area contributed by atoms with Crippen LogP contribution < -0.4 is 10.2 Å². The molecule has 2 N–H and O–H groups in total. The second-order valence-corrected chi connectivity index (χ2v) is 5.51. The highest BCUT2D eigenvalue weighted by molar-refractivity contribution is 6.30. The zero-order valence-corrected chi connectivity index (χ0v) is 13.9. The van der Waals surface area contributed by atoms with Gasteiger partial charge in [0, 0.05) is 25.4 Å². The lowest BCUT2D eigenvalue weighted by atomic mass is 10.2. The average Bonchev–Trinajstić information content (AvgIpc) is 2.92. The third-order valence-electron chi connectivity index (χ3n) is 3.36. The zero-order chi connectivity index (χ0) is 17.3. The van der Waals surface area contributed by atoms with Gasteiger partial charge in [0.2, 0.25) is 0 Å². The van der Waals surface area contributed by atoms with Gasteiger partial charge in [0.15, 0.2) is 11.5 Å². The summed E-state index contributed by atoms with van der Waals surface area (Å²) in [5.41, 5.74) is 1.68. The molecule has 0 fully saturated rings. The van der Waals surface area contributed by atoms with E-state index in [1.807, 2.05) is 0 Å². The van der Waals surface area contributed by atoms with Gasteiger partial charge in [-0.25, -0.2) is 14.4 Å². The van der Waals surface area contributed by atoms with Gasteiger partial charge in [0.25, 0.3) is 5.91 Å². The summed E-state index contributed by atoms with van der Waals surface area (Å²) >= 11 is 11.3. The molecule has 124 valence electrons. The van der Waals surface area contributed by atoms with E-state index in [2.05, 4.69) is 25.2 Å². The molecular formula is C14H11Cl2FN6O. The third kappa shape index (κ3) is 2.98. The number of anilines is 1. The predicted molar refractivity (Wildman–Crippen MR) is 88.4 cm³/mol. The number of hydrogen-bond donors (Lipinski definition) is 2. The van der Waals surface area contributed by atoms with E-state index in [1.165, 1.54) is 29.2 Å². The van der Waals surface area contributed by atoms with Crippen molar-refractivity contribution in [3.05, 3.63) is 46.6 Å². The molecule has 0 saturated carbocycles. The number of carbonyl (C=O) groups excluding carboxylic acids is 1. The maximum absolute atomic E-state index is 13.2. The quantitative estimate of drug-likeness (QED) is 0.691. The molecule has 0 aliphatic rings. The number of rotatable bonds is 4. The van der Waals surface area contributed by atoms with Crippen LogP contribution in [0.2, 0.25) is 5.02 Å². The van der Waals surface area contributed by atoms with Crippen LogP contribution in [0.5, 0.6) is 0 Å². The number of carbonyl (C=O) groups is 1. The maximum atomic E-state index is 13.2. The summed E-state index contributed by atoms with van der Waals surface area (Å²) in [7, 11) is 1.65. The lowest BCUT2D eigenvalue weighted by Crippen LogP contribution is -2.24. The number of nitrogens with zero attached hydrogens (tertiary/aromatic N) is 4. The Morgan fingerprint density at radius 3 is 2.88 bits per heavy atom. The van der Waals surface area contributed by atoms with Gasteiger partial charge < -0.3 is 5.32 Å². The van der Waals surface area contributed by atoms with Crippen molar-refractivity contribution in [1.29, 1.82) is 0 Å². The van der Waals surface area contributed by atoms with Gasteiger partial charge in [0.05, 0.1) is 5.02 Å². The van der Waals surface area contributed by atoms with Crippen LogP contribution in [-0.2, 0) is 13.6 Å². The van der Waals surface area contributed by atoms with Gasteiger partial charge in [0.1, 0.15) is 23.2 Å². The molecule has 0 spiro atoms. The van der Waals surface area contributed by atoms with Crippen LogP contribution in [0.25, 0.3) is 11.0 Å². The topological polar surface area (TPSA) is 84.7 Å². The Bertz CT molecular complexity index is 929. The summed E-state index contributed by atoms with van der Waals surface area (Å²) in [4.78, 5) is 22.9. The summed E-state index contributed by atoms with van der Waals surface area (Å²) in [6.45, 7) is 0.169. The van der Waals surface area contributed by atoms with Crippen LogP contribution in [0.1, 0.15) is 16.1 Å². The average molecular weight is 369 g/mol. The van der Waals surface area contributed by atoms with Crippen LogP contribution in [0, 0.1) is 5.82 Å². The minimum Gasteiger partial charge on any atom is -0.347 e. The van der Waals surface area contributed by atoms with Gasteiger partial charge in [-0.05, 0) is 17.7 Å². The third-order valence-corrected chi connectivity index (χ3v) is 3.83. The smallest absolute Gasteiger partial charge is 0.272 e. The molecule has 3 aromatic rings. The number of fused-ring (bicyclic) bond motifs is 1. The van der Waals surface area contributed by atoms with E-state index in [4.69, 9.17) is 23.4 Å². The first-order valence-corrected chi connectivity index (χ1v) is 7.53. The van der Waals surface area contributed by atoms with Crippen molar-refractivity contribution in [3.8, 4) is 0 Å². The van der Waals surface area contributed by atoms with E-state index in [1.54, 1.807) is 7.05 Å². The van der Waals surface area contributed by atoms with Crippen molar-refractivity contribution in [2.75, 3.05) is 4.84 Å². The minimum absolute atomic E-state index is 0.00404. The van der Waals surface area contributed by atoms with Crippen molar-refractivity contribution in [3.63, 3.8) is 0 Å². The van der Waals surface area contributed by atoms with E-state index in [9.17, 15) is 9.18 Å². The zero-order valence-electron chi connectivity index (χ0n) is 12.3. The van der Waals surface area contributed by atoms with Crippen LogP contribution >= 0.6 is 23.4 Å². The monoisotopic (exact) mass is 368 g/mol. The lowest BCUT2D eigenvalue weighted by molar-refractivity contribution is 0.0947. The van der Waals surface area contributed by atoms with E-state index >= 15 is 0 Å². The highest BCUT2D eigenvalue weighted by atomic mass is 35.5. The maximum Gasteiger partial charge on any atom is 0.272 e. The molecule has 0 bridgehead atoms. The molecule has 10 heteroatoms. The molecule has 0 aliphatic heterocycles. The number of amides is 1. The van der Waals surface area contributed by atoms with Crippen LogP contribution in [0.4, 0.5) is 10.2 Å². The minimum atomic E-state index is -0.514. The number of hydrogen-bond acceptors (Lipinski definition) is 5. The molecule has 1 amide bonds. The summed E-state index contributed by atoms with van der Waals surface area (Å²) in [6.07, 6.45) is 1.26. The molecule has 0 aliphatic carbocycles. The van der Waals surface area contributed by atoms with Crippen molar-refractivity contribution in [2.45, 2.75) is 6.54 Å². The first kappa shape index (κ1) is 16.4. The Balaban J connectivity index is 1.86. The van der Waals surface area contributed by atoms with Crippen LogP contribution in [0.15, 0.2) is 24.5 Å². The summed E-state index contributed by atoms with van der Waals surface area (Å²) in [6, 6.07) is 4.23. The summed E-state index contributed by atoms with van der Waals surface area (Å²) in [5.74, 6) is -0.608. The second kappa shape index (κ2) is 6.58. The fourth-order valence-electron chi connectivity index (χ4n) is 2.25. The predicted octanol–water partition coefficient (Wildman–Crippen LogP) is 2.65. The molecule has 7 nitrogen and oxygen atoms in total. The fourth-order valence-corrected chi connectivity index (χ4v) is 2.58. The number of aryl methyl sites for hydroxylation is 1. The first-order chi connectivity index (χ1) is 11.5. The first-order valence-electron chi connectivity index (χ1n) is 6.77. The Morgan fingerprint density at radius 2 is 2.17 bits per heavy atom.